The molecule has 1 N–H and O–H groups in total. The Morgan fingerprint density at radius 2 is 1.94 bits per heavy atom. The molecule has 0 amide bonds. The molecule has 2 atom stereocenters. The minimum atomic E-state index is 0.314. The monoisotopic (exact) mass is 267 g/mol. The number of ether oxygens (including phenoxy) is 1. The van der Waals surface area contributed by atoms with E-state index >= 15 is 0 Å². The van der Waals surface area contributed by atoms with E-state index in [2.05, 4.69) is 17.4 Å². The molecule has 1 saturated carbocycles. The highest BCUT2D eigenvalue weighted by atomic mass is 35.5. The first-order valence-corrected chi connectivity index (χ1v) is 7.23. The first kappa shape index (κ1) is 13.7. The van der Waals surface area contributed by atoms with Crippen LogP contribution in [0, 0.1) is 0 Å². The zero-order valence-electron chi connectivity index (χ0n) is 11.0. The number of alkyl halides is 1. The van der Waals surface area contributed by atoms with Crippen molar-refractivity contribution in [2.75, 3.05) is 13.7 Å². The van der Waals surface area contributed by atoms with E-state index in [1.165, 1.54) is 24.8 Å². The van der Waals surface area contributed by atoms with Crippen molar-refractivity contribution in [1.29, 1.82) is 0 Å². The normalized spacial score (nSPS) is 23.9. The third-order valence-corrected chi connectivity index (χ3v) is 4.18. The second-order valence-corrected chi connectivity index (χ2v) is 5.52. The van der Waals surface area contributed by atoms with Crippen molar-refractivity contribution < 1.29 is 4.74 Å². The van der Waals surface area contributed by atoms with Crippen molar-refractivity contribution in [3.05, 3.63) is 29.8 Å². The Labute approximate surface area is 115 Å². The Balaban J connectivity index is 1.73. The second-order valence-electron chi connectivity index (χ2n) is 4.96. The Bertz CT molecular complexity index is 352. The van der Waals surface area contributed by atoms with E-state index in [0.29, 0.717) is 11.4 Å². The molecule has 2 nitrogen and oxygen atoms in total. The molecule has 0 aromatic heterocycles. The van der Waals surface area contributed by atoms with Crippen molar-refractivity contribution in [1.82, 2.24) is 5.32 Å². The SMILES string of the molecule is COc1ccc(CCNC2CCCCC2Cl)cc1. The summed E-state index contributed by atoms with van der Waals surface area (Å²) in [6.07, 6.45) is 6.01. The van der Waals surface area contributed by atoms with Crippen LogP contribution in [0.25, 0.3) is 0 Å². The van der Waals surface area contributed by atoms with Gasteiger partial charge < -0.3 is 10.1 Å². The highest BCUT2D eigenvalue weighted by molar-refractivity contribution is 6.21. The van der Waals surface area contributed by atoms with E-state index in [4.69, 9.17) is 16.3 Å². The van der Waals surface area contributed by atoms with Gasteiger partial charge in [-0.15, -0.1) is 11.6 Å². The lowest BCUT2D eigenvalue weighted by molar-refractivity contribution is 0.381. The molecule has 3 heteroatoms. The van der Waals surface area contributed by atoms with Crippen molar-refractivity contribution >= 4 is 11.6 Å². The van der Waals surface area contributed by atoms with Gasteiger partial charge in [0, 0.05) is 11.4 Å². The maximum absolute atomic E-state index is 6.32. The minimum absolute atomic E-state index is 0.314. The van der Waals surface area contributed by atoms with Crippen LogP contribution in [0.4, 0.5) is 0 Å². The fraction of sp³-hybridized carbons (Fsp3) is 0.600. The topological polar surface area (TPSA) is 21.3 Å². The summed E-state index contributed by atoms with van der Waals surface area (Å²) >= 11 is 6.32. The van der Waals surface area contributed by atoms with Gasteiger partial charge in [-0.2, -0.15) is 0 Å². The molecule has 0 spiro atoms. The predicted octanol–water partition coefficient (Wildman–Crippen LogP) is 3.38. The number of halogens is 1. The molecule has 0 bridgehead atoms. The molecule has 100 valence electrons. The average molecular weight is 268 g/mol. The lowest BCUT2D eigenvalue weighted by Gasteiger charge is -2.28. The Morgan fingerprint density at radius 1 is 1.22 bits per heavy atom. The molecule has 1 aromatic carbocycles. The molecule has 0 heterocycles. The molecule has 1 aliphatic rings. The smallest absolute Gasteiger partial charge is 0.118 e. The van der Waals surface area contributed by atoms with E-state index in [9.17, 15) is 0 Å². The predicted molar refractivity (Wildman–Crippen MR) is 76.6 cm³/mol. The van der Waals surface area contributed by atoms with Crippen molar-refractivity contribution in [3.8, 4) is 5.75 Å². The van der Waals surface area contributed by atoms with Gasteiger partial charge in [0.25, 0.3) is 0 Å². The molecule has 0 saturated heterocycles. The van der Waals surface area contributed by atoms with Gasteiger partial charge in [0.05, 0.1) is 7.11 Å². The van der Waals surface area contributed by atoms with E-state index in [-0.39, 0.29) is 0 Å². The number of rotatable bonds is 5. The number of methoxy groups -OCH3 is 1. The van der Waals surface area contributed by atoms with Gasteiger partial charge in [0.15, 0.2) is 0 Å². The third-order valence-electron chi connectivity index (χ3n) is 3.66. The maximum Gasteiger partial charge on any atom is 0.118 e. The Kier molecular flexibility index (Phi) is 5.33. The summed E-state index contributed by atoms with van der Waals surface area (Å²) in [6.45, 7) is 1.00. The summed E-state index contributed by atoms with van der Waals surface area (Å²) in [5.41, 5.74) is 1.34. The Hall–Kier alpha value is -0.730. The van der Waals surface area contributed by atoms with Gasteiger partial charge in [-0.25, -0.2) is 0 Å². The van der Waals surface area contributed by atoms with Crippen molar-refractivity contribution in [3.63, 3.8) is 0 Å². The van der Waals surface area contributed by atoms with E-state index in [1.807, 2.05) is 12.1 Å². The molecule has 1 aromatic rings. The van der Waals surface area contributed by atoms with Crippen LogP contribution in [0.3, 0.4) is 0 Å². The van der Waals surface area contributed by atoms with Crippen LogP contribution in [0.5, 0.6) is 5.75 Å². The van der Waals surface area contributed by atoms with Crippen LogP contribution in [0.2, 0.25) is 0 Å². The molecule has 2 rings (SSSR count). The number of nitrogens with one attached hydrogen (secondary N) is 1. The molecule has 1 fully saturated rings. The summed E-state index contributed by atoms with van der Waals surface area (Å²) < 4.78 is 5.15. The summed E-state index contributed by atoms with van der Waals surface area (Å²) in [6, 6.07) is 8.78. The minimum Gasteiger partial charge on any atom is -0.497 e. The molecule has 0 radical (unpaired) electrons. The first-order valence-electron chi connectivity index (χ1n) is 6.80. The summed E-state index contributed by atoms with van der Waals surface area (Å²) in [5.74, 6) is 0.916. The maximum atomic E-state index is 6.32. The average Bonchev–Trinajstić information content (AvgIpc) is 2.42. The zero-order chi connectivity index (χ0) is 12.8. The lowest BCUT2D eigenvalue weighted by Crippen LogP contribution is -2.40. The van der Waals surface area contributed by atoms with Crippen molar-refractivity contribution in [2.45, 2.75) is 43.5 Å². The molecule has 2 unspecified atom stereocenters. The third kappa shape index (κ3) is 3.89. The van der Waals surface area contributed by atoms with Gasteiger partial charge in [-0.3, -0.25) is 0 Å². The van der Waals surface area contributed by atoms with Crippen LogP contribution in [0.1, 0.15) is 31.2 Å². The summed E-state index contributed by atoms with van der Waals surface area (Å²) in [4.78, 5) is 0. The summed E-state index contributed by atoms with van der Waals surface area (Å²) in [7, 11) is 1.69. The standard InChI is InChI=1S/C15H22ClNO/c1-18-13-8-6-12(7-9-13)10-11-17-15-5-3-2-4-14(15)16/h6-9,14-15,17H,2-5,10-11H2,1H3. The van der Waals surface area contributed by atoms with Crippen LogP contribution in [-0.4, -0.2) is 25.1 Å². The van der Waals surface area contributed by atoms with Crippen LogP contribution < -0.4 is 10.1 Å². The van der Waals surface area contributed by atoms with Crippen LogP contribution in [0.15, 0.2) is 24.3 Å². The fourth-order valence-corrected chi connectivity index (χ4v) is 2.88. The lowest BCUT2D eigenvalue weighted by atomic mass is 9.95. The van der Waals surface area contributed by atoms with Crippen LogP contribution in [-0.2, 0) is 6.42 Å². The molecule has 18 heavy (non-hydrogen) atoms. The van der Waals surface area contributed by atoms with Gasteiger partial charge in [0.1, 0.15) is 5.75 Å². The highest BCUT2D eigenvalue weighted by Crippen LogP contribution is 2.23. The Morgan fingerprint density at radius 3 is 2.61 bits per heavy atom. The largest absolute Gasteiger partial charge is 0.497 e. The molecule has 1 aliphatic carbocycles. The number of hydrogen-bond acceptors (Lipinski definition) is 2. The summed E-state index contributed by atoms with van der Waals surface area (Å²) in [5, 5.41) is 3.90. The van der Waals surface area contributed by atoms with E-state index < -0.39 is 0 Å². The van der Waals surface area contributed by atoms with Gasteiger partial charge in [0.2, 0.25) is 0 Å². The van der Waals surface area contributed by atoms with E-state index in [0.717, 1.165) is 25.1 Å². The molecule has 0 aliphatic heterocycles. The van der Waals surface area contributed by atoms with Gasteiger partial charge in [-0.05, 0) is 43.5 Å². The van der Waals surface area contributed by atoms with E-state index in [1.54, 1.807) is 7.11 Å². The zero-order valence-corrected chi connectivity index (χ0v) is 11.7. The fourth-order valence-electron chi connectivity index (χ4n) is 2.51. The first-order chi connectivity index (χ1) is 8.79. The van der Waals surface area contributed by atoms with Crippen LogP contribution >= 0.6 is 11.6 Å². The quantitative estimate of drug-likeness (QED) is 0.826. The van der Waals surface area contributed by atoms with Crippen molar-refractivity contribution in [2.24, 2.45) is 0 Å². The number of benzene rings is 1. The highest BCUT2D eigenvalue weighted by Gasteiger charge is 2.21. The van der Waals surface area contributed by atoms with Gasteiger partial charge in [-0.1, -0.05) is 25.0 Å². The number of hydrogen-bond donors (Lipinski definition) is 1. The molecular weight excluding hydrogens is 246 g/mol. The molecular formula is C15H22ClNO. The van der Waals surface area contributed by atoms with Gasteiger partial charge >= 0.3 is 0 Å². The second kappa shape index (κ2) is 7.01.